The van der Waals surface area contributed by atoms with Gasteiger partial charge in [-0.1, -0.05) is 6.07 Å². The second-order valence-electron chi connectivity index (χ2n) is 4.85. The Hall–Kier alpha value is -1.79. The molecule has 2 aromatic rings. The second-order valence-corrected chi connectivity index (χ2v) is 6.77. The van der Waals surface area contributed by atoms with Gasteiger partial charge in [0.05, 0.1) is 19.8 Å². The number of benzene rings is 1. The van der Waals surface area contributed by atoms with Gasteiger partial charge in [-0.2, -0.15) is 0 Å². The number of rotatable bonds is 8. The molecule has 4 nitrogen and oxygen atoms in total. The zero-order chi connectivity index (χ0) is 17.4. The van der Waals surface area contributed by atoms with Crippen molar-refractivity contribution in [3.8, 4) is 11.5 Å². The van der Waals surface area contributed by atoms with Gasteiger partial charge in [0.25, 0.3) is 0 Å². The fraction of sp³-hybridized carbons (Fsp3) is 0.278. The maximum absolute atomic E-state index is 11.9. The molecule has 0 spiro atoms. The summed E-state index contributed by atoms with van der Waals surface area (Å²) in [4.78, 5) is 13.0. The SMILES string of the molecule is CCOc1ccc(C=CC(=O)NCc2cc(Br)cs2)cc1OCC. The van der Waals surface area contributed by atoms with Crippen molar-refractivity contribution in [2.75, 3.05) is 13.2 Å². The van der Waals surface area contributed by atoms with Gasteiger partial charge in [0.15, 0.2) is 11.5 Å². The van der Waals surface area contributed by atoms with Crippen LogP contribution < -0.4 is 14.8 Å². The van der Waals surface area contributed by atoms with Crippen molar-refractivity contribution in [1.82, 2.24) is 5.32 Å². The van der Waals surface area contributed by atoms with E-state index in [-0.39, 0.29) is 5.91 Å². The third-order valence-electron chi connectivity index (χ3n) is 3.05. The maximum Gasteiger partial charge on any atom is 0.244 e. The Labute approximate surface area is 154 Å². The standard InChI is InChI=1S/C18H20BrNO3S/c1-3-22-16-7-5-13(9-17(16)23-4-2)6-8-18(21)20-11-15-10-14(19)12-24-15/h5-10,12H,3-4,11H2,1-2H3,(H,20,21). The monoisotopic (exact) mass is 409 g/mol. The van der Waals surface area contributed by atoms with Crippen LogP contribution in [-0.4, -0.2) is 19.1 Å². The van der Waals surface area contributed by atoms with Crippen LogP contribution in [0, 0.1) is 0 Å². The van der Waals surface area contributed by atoms with Gasteiger partial charge >= 0.3 is 0 Å². The lowest BCUT2D eigenvalue weighted by Crippen LogP contribution is -2.19. The number of carbonyl (C=O) groups is 1. The summed E-state index contributed by atoms with van der Waals surface area (Å²) in [7, 11) is 0. The Morgan fingerprint density at radius 1 is 1.21 bits per heavy atom. The molecule has 6 heteroatoms. The van der Waals surface area contributed by atoms with E-state index in [2.05, 4.69) is 21.2 Å². The summed E-state index contributed by atoms with van der Waals surface area (Å²) in [6, 6.07) is 7.62. The summed E-state index contributed by atoms with van der Waals surface area (Å²) in [5, 5.41) is 4.85. The normalized spacial score (nSPS) is 10.8. The molecule has 128 valence electrons. The van der Waals surface area contributed by atoms with Gasteiger partial charge in [-0.3, -0.25) is 4.79 Å². The summed E-state index contributed by atoms with van der Waals surface area (Å²) in [6.07, 6.45) is 3.28. The molecule has 1 heterocycles. The van der Waals surface area contributed by atoms with Crippen molar-refractivity contribution < 1.29 is 14.3 Å². The number of ether oxygens (including phenoxy) is 2. The van der Waals surface area contributed by atoms with E-state index in [9.17, 15) is 4.79 Å². The van der Waals surface area contributed by atoms with Crippen LogP contribution in [-0.2, 0) is 11.3 Å². The van der Waals surface area contributed by atoms with Crippen LogP contribution >= 0.6 is 27.3 Å². The van der Waals surface area contributed by atoms with E-state index in [1.807, 2.05) is 43.5 Å². The molecular formula is C18H20BrNO3S. The molecule has 0 fully saturated rings. The van der Waals surface area contributed by atoms with Gasteiger partial charge in [-0.25, -0.2) is 0 Å². The van der Waals surface area contributed by atoms with Gasteiger partial charge in [-0.05, 0) is 59.6 Å². The number of halogens is 1. The van der Waals surface area contributed by atoms with Crippen LogP contribution in [0.25, 0.3) is 6.08 Å². The summed E-state index contributed by atoms with van der Waals surface area (Å²) in [5.41, 5.74) is 0.885. The van der Waals surface area contributed by atoms with Crippen LogP contribution in [0.2, 0.25) is 0 Å². The quantitative estimate of drug-likeness (QED) is 0.646. The van der Waals surface area contributed by atoms with Crippen LogP contribution in [0.4, 0.5) is 0 Å². The number of hydrogen-bond donors (Lipinski definition) is 1. The molecule has 0 aliphatic rings. The second kappa shape index (κ2) is 9.49. The molecule has 1 N–H and O–H groups in total. The highest BCUT2D eigenvalue weighted by atomic mass is 79.9. The summed E-state index contributed by atoms with van der Waals surface area (Å²) in [5.74, 6) is 1.26. The van der Waals surface area contributed by atoms with E-state index in [0.29, 0.717) is 31.3 Å². The molecule has 2 rings (SSSR count). The van der Waals surface area contributed by atoms with Crippen molar-refractivity contribution in [3.63, 3.8) is 0 Å². The first-order valence-corrected chi connectivity index (χ1v) is 9.38. The van der Waals surface area contributed by atoms with Crippen molar-refractivity contribution in [2.24, 2.45) is 0 Å². The molecule has 24 heavy (non-hydrogen) atoms. The summed E-state index contributed by atoms with van der Waals surface area (Å²) >= 11 is 5.00. The molecule has 0 unspecified atom stereocenters. The zero-order valence-electron chi connectivity index (χ0n) is 13.7. The molecule has 1 aromatic carbocycles. The lowest BCUT2D eigenvalue weighted by Gasteiger charge is -2.11. The van der Waals surface area contributed by atoms with Crippen LogP contribution in [0.1, 0.15) is 24.3 Å². The first-order valence-electron chi connectivity index (χ1n) is 7.70. The molecule has 1 aromatic heterocycles. The number of hydrogen-bond acceptors (Lipinski definition) is 4. The minimum Gasteiger partial charge on any atom is -0.490 e. The fourth-order valence-corrected chi connectivity index (χ4v) is 3.41. The van der Waals surface area contributed by atoms with Gasteiger partial charge in [-0.15, -0.1) is 11.3 Å². The largest absolute Gasteiger partial charge is 0.490 e. The van der Waals surface area contributed by atoms with Gasteiger partial charge < -0.3 is 14.8 Å². The van der Waals surface area contributed by atoms with Crippen molar-refractivity contribution in [1.29, 1.82) is 0 Å². The highest BCUT2D eigenvalue weighted by Gasteiger charge is 2.05. The third kappa shape index (κ3) is 5.69. The van der Waals surface area contributed by atoms with Crippen LogP contribution in [0.15, 0.2) is 40.2 Å². The molecule has 0 aliphatic heterocycles. The Kier molecular flexibility index (Phi) is 7.34. The molecule has 0 bridgehead atoms. The molecule has 1 amide bonds. The van der Waals surface area contributed by atoms with E-state index >= 15 is 0 Å². The molecule has 0 atom stereocenters. The lowest BCUT2D eigenvalue weighted by atomic mass is 10.2. The minimum atomic E-state index is -0.133. The van der Waals surface area contributed by atoms with E-state index < -0.39 is 0 Å². The number of carbonyl (C=O) groups excluding carboxylic acids is 1. The van der Waals surface area contributed by atoms with Crippen molar-refractivity contribution >= 4 is 39.2 Å². The summed E-state index contributed by atoms with van der Waals surface area (Å²) in [6.45, 7) is 5.52. The van der Waals surface area contributed by atoms with E-state index in [4.69, 9.17) is 9.47 Å². The molecule has 0 saturated heterocycles. The van der Waals surface area contributed by atoms with Crippen molar-refractivity contribution in [2.45, 2.75) is 20.4 Å². The van der Waals surface area contributed by atoms with Crippen LogP contribution in [0.5, 0.6) is 11.5 Å². The Morgan fingerprint density at radius 2 is 1.96 bits per heavy atom. The van der Waals surface area contributed by atoms with Gasteiger partial charge in [0.1, 0.15) is 0 Å². The van der Waals surface area contributed by atoms with Crippen molar-refractivity contribution in [3.05, 3.63) is 50.6 Å². The first-order chi connectivity index (χ1) is 11.6. The number of nitrogens with one attached hydrogen (secondary N) is 1. The predicted octanol–water partition coefficient (Wildman–Crippen LogP) is 4.64. The Balaban J connectivity index is 1.96. The average Bonchev–Trinajstić information content (AvgIpc) is 2.99. The predicted molar refractivity (Wildman–Crippen MR) is 102 cm³/mol. The maximum atomic E-state index is 11.9. The highest BCUT2D eigenvalue weighted by molar-refractivity contribution is 9.10. The lowest BCUT2D eigenvalue weighted by molar-refractivity contribution is -0.116. The molecule has 0 radical (unpaired) electrons. The highest BCUT2D eigenvalue weighted by Crippen LogP contribution is 2.29. The molecular weight excluding hydrogens is 390 g/mol. The van der Waals surface area contributed by atoms with Gasteiger partial charge in [0.2, 0.25) is 5.91 Å². The third-order valence-corrected chi connectivity index (χ3v) is 4.75. The number of thiophene rings is 1. The molecule has 0 aliphatic carbocycles. The Bertz CT molecular complexity index is 712. The van der Waals surface area contributed by atoms with Gasteiger partial charge in [0, 0.05) is 20.8 Å². The van der Waals surface area contributed by atoms with Crippen LogP contribution in [0.3, 0.4) is 0 Å². The summed E-state index contributed by atoms with van der Waals surface area (Å²) < 4.78 is 12.1. The zero-order valence-corrected chi connectivity index (χ0v) is 16.1. The number of amides is 1. The van der Waals surface area contributed by atoms with E-state index in [1.54, 1.807) is 17.4 Å². The topological polar surface area (TPSA) is 47.6 Å². The smallest absolute Gasteiger partial charge is 0.244 e. The average molecular weight is 410 g/mol. The minimum absolute atomic E-state index is 0.133. The first kappa shape index (κ1) is 18.5. The van der Waals surface area contributed by atoms with E-state index in [0.717, 1.165) is 14.9 Å². The fourth-order valence-electron chi connectivity index (χ4n) is 2.02. The Morgan fingerprint density at radius 3 is 2.62 bits per heavy atom. The van der Waals surface area contributed by atoms with E-state index in [1.165, 1.54) is 6.08 Å². The molecule has 0 saturated carbocycles.